The van der Waals surface area contributed by atoms with E-state index in [1.165, 1.54) is 25.2 Å². The molecule has 6 rings (SSSR count). The van der Waals surface area contributed by atoms with Gasteiger partial charge in [0.1, 0.15) is 18.4 Å². The molecule has 3 aliphatic heterocycles. The highest BCUT2D eigenvalue weighted by Gasteiger charge is 2.39. The lowest BCUT2D eigenvalue weighted by atomic mass is 9.84. The van der Waals surface area contributed by atoms with Crippen LogP contribution in [0, 0.1) is 11.7 Å². The van der Waals surface area contributed by atoms with Crippen LogP contribution in [0.3, 0.4) is 0 Å². The van der Waals surface area contributed by atoms with Gasteiger partial charge in [0.2, 0.25) is 0 Å². The number of halogens is 4. The summed E-state index contributed by atoms with van der Waals surface area (Å²) in [6, 6.07) is 9.84. The lowest BCUT2D eigenvalue weighted by Crippen LogP contribution is -3.15. The highest BCUT2D eigenvalue weighted by molar-refractivity contribution is 6.42. The van der Waals surface area contributed by atoms with E-state index >= 15 is 0 Å². The Kier molecular flexibility index (Phi) is 6.08. The summed E-state index contributed by atoms with van der Waals surface area (Å²) in [5.74, 6) is 0.207. The van der Waals surface area contributed by atoms with E-state index in [1.54, 1.807) is 33.8 Å². The van der Waals surface area contributed by atoms with Crippen molar-refractivity contribution in [2.24, 2.45) is 5.92 Å². The molecule has 1 aromatic heterocycles. The molecule has 1 atom stereocenters. The molecule has 3 aromatic rings. The van der Waals surface area contributed by atoms with Crippen molar-refractivity contribution in [3.63, 3.8) is 0 Å². The van der Waals surface area contributed by atoms with Crippen molar-refractivity contribution in [1.29, 1.82) is 0 Å². The number of benzene rings is 2. The number of fused-ring (bicyclic) bond motifs is 4. The van der Waals surface area contributed by atoms with E-state index in [4.69, 9.17) is 28.3 Å². The molecular weight excluding hydrogens is 448 g/mol. The van der Waals surface area contributed by atoms with Crippen molar-refractivity contribution in [3.05, 3.63) is 73.9 Å². The zero-order valence-corrected chi connectivity index (χ0v) is 18.4. The normalized spacial score (nSPS) is 22.8. The van der Waals surface area contributed by atoms with Crippen LogP contribution in [0.2, 0.25) is 10.0 Å². The zero-order chi connectivity index (χ0) is 20.1. The molecule has 4 nitrogen and oxygen atoms in total. The van der Waals surface area contributed by atoms with Crippen LogP contribution in [0.15, 0.2) is 41.2 Å². The monoisotopic (exact) mass is 467 g/mol. The Morgan fingerprint density at radius 1 is 1.07 bits per heavy atom. The maximum Gasteiger partial charge on any atom is 0.275 e. The minimum absolute atomic E-state index is 0. The van der Waals surface area contributed by atoms with Crippen molar-refractivity contribution < 1.29 is 21.7 Å². The number of nitrogens with zero attached hydrogens (tertiary/aromatic N) is 2. The average molecular weight is 469 g/mol. The molecular formula is C22H21Cl3FN3O. The van der Waals surface area contributed by atoms with Crippen LogP contribution in [-0.2, 0) is 6.42 Å². The van der Waals surface area contributed by atoms with Crippen LogP contribution in [0.1, 0.15) is 30.1 Å². The molecule has 0 aliphatic carbocycles. The summed E-state index contributed by atoms with van der Waals surface area (Å²) in [5.41, 5.74) is 1.58. The summed E-state index contributed by atoms with van der Waals surface area (Å²) >= 11 is 12.5. The number of rotatable bonds is 3. The van der Waals surface area contributed by atoms with Gasteiger partial charge in [0.25, 0.3) is 5.56 Å². The summed E-state index contributed by atoms with van der Waals surface area (Å²) in [5, 5.41) is 6.83. The Hall–Kier alpha value is -1.66. The fourth-order valence-corrected chi connectivity index (χ4v) is 5.18. The molecule has 0 spiro atoms. The molecule has 158 valence electrons. The lowest BCUT2D eigenvalue weighted by molar-refractivity contribution is -0.919. The predicted molar refractivity (Wildman–Crippen MR) is 113 cm³/mol. The topological polar surface area (TPSA) is 39.3 Å². The minimum atomic E-state index is -0.276. The molecule has 1 N–H and O–H groups in total. The Morgan fingerprint density at radius 2 is 1.70 bits per heavy atom. The van der Waals surface area contributed by atoms with Crippen LogP contribution in [-0.4, -0.2) is 29.4 Å². The molecule has 3 saturated heterocycles. The van der Waals surface area contributed by atoms with Crippen LogP contribution in [0.4, 0.5) is 4.39 Å². The Balaban J connectivity index is 0.00000218. The molecule has 3 aliphatic rings. The van der Waals surface area contributed by atoms with E-state index < -0.39 is 0 Å². The summed E-state index contributed by atoms with van der Waals surface area (Å²) in [6.45, 7) is 3.28. The largest absolute Gasteiger partial charge is 1.00 e. The molecule has 0 amide bonds. The van der Waals surface area contributed by atoms with Crippen molar-refractivity contribution >= 4 is 34.0 Å². The molecule has 2 bridgehead atoms. The fraction of sp³-hybridized carbons (Fsp3) is 0.364. The first-order valence-electron chi connectivity index (χ1n) is 9.98. The van der Waals surface area contributed by atoms with Gasteiger partial charge in [0, 0.05) is 24.6 Å². The molecule has 0 saturated carbocycles. The van der Waals surface area contributed by atoms with Crippen molar-refractivity contribution in [3.8, 4) is 0 Å². The number of quaternary nitrogens is 1. The SMILES string of the molecule is O=c1c2cc(Cl)c(Cl)cc2c(Cc2ccc(F)cc2)nn1C1C[NH+]2CCC1CC2.[Cl-]. The second kappa shape index (κ2) is 8.46. The minimum Gasteiger partial charge on any atom is -1.00 e. The van der Waals surface area contributed by atoms with Crippen LogP contribution >= 0.6 is 23.2 Å². The number of nitrogens with one attached hydrogen (secondary N) is 1. The standard InChI is InChI=1S/C22H20Cl2FN3O.ClH/c23-18-10-16-17(11-19(18)24)22(29)28(21-12-27-7-5-14(21)6-8-27)26-20(16)9-13-1-3-15(25)4-2-13;/h1-4,10-11,14,21H,5-9,12H2;1H. The second-order valence-corrected chi connectivity index (χ2v) is 8.98. The number of hydrogen-bond donors (Lipinski definition) is 1. The predicted octanol–water partition coefficient (Wildman–Crippen LogP) is 0.287. The Bertz CT molecular complexity index is 1140. The average Bonchev–Trinajstić information content (AvgIpc) is 2.74. The summed E-state index contributed by atoms with van der Waals surface area (Å²) in [6.07, 6.45) is 2.74. The number of aromatic nitrogens is 2. The Morgan fingerprint density at radius 3 is 2.30 bits per heavy atom. The molecule has 1 unspecified atom stereocenters. The van der Waals surface area contributed by atoms with Crippen molar-refractivity contribution in [1.82, 2.24) is 9.78 Å². The summed E-state index contributed by atoms with van der Waals surface area (Å²) in [7, 11) is 0. The number of hydrogen-bond acceptors (Lipinski definition) is 2. The van der Waals surface area contributed by atoms with Gasteiger partial charge >= 0.3 is 0 Å². The van der Waals surface area contributed by atoms with Gasteiger partial charge in [-0.3, -0.25) is 4.79 Å². The third-order valence-electron chi connectivity index (χ3n) is 6.42. The molecule has 0 radical (unpaired) electrons. The third-order valence-corrected chi connectivity index (χ3v) is 7.14. The summed E-state index contributed by atoms with van der Waals surface area (Å²) < 4.78 is 15.0. The maximum atomic E-state index is 13.4. The van der Waals surface area contributed by atoms with Gasteiger partial charge in [-0.15, -0.1) is 0 Å². The van der Waals surface area contributed by atoms with E-state index in [0.29, 0.717) is 33.2 Å². The molecule has 30 heavy (non-hydrogen) atoms. The first-order chi connectivity index (χ1) is 14.0. The van der Waals surface area contributed by atoms with Crippen molar-refractivity contribution in [2.45, 2.75) is 25.3 Å². The molecule has 3 fully saturated rings. The van der Waals surface area contributed by atoms with Gasteiger partial charge in [0.15, 0.2) is 0 Å². The van der Waals surface area contributed by atoms with E-state index in [9.17, 15) is 9.18 Å². The van der Waals surface area contributed by atoms with Crippen LogP contribution < -0.4 is 22.9 Å². The lowest BCUT2D eigenvalue weighted by Gasteiger charge is -2.41. The van der Waals surface area contributed by atoms with Gasteiger partial charge in [-0.2, -0.15) is 5.10 Å². The zero-order valence-electron chi connectivity index (χ0n) is 16.2. The Labute approximate surface area is 190 Å². The molecule has 2 aromatic carbocycles. The van der Waals surface area contributed by atoms with Gasteiger partial charge in [-0.1, -0.05) is 35.3 Å². The molecule has 8 heteroatoms. The molecule has 4 heterocycles. The highest BCUT2D eigenvalue weighted by Crippen LogP contribution is 2.31. The fourth-order valence-electron chi connectivity index (χ4n) is 4.85. The summed E-state index contributed by atoms with van der Waals surface area (Å²) in [4.78, 5) is 14.9. The quantitative estimate of drug-likeness (QED) is 0.600. The van der Waals surface area contributed by atoms with E-state index in [2.05, 4.69) is 0 Å². The van der Waals surface area contributed by atoms with Gasteiger partial charge < -0.3 is 17.3 Å². The highest BCUT2D eigenvalue weighted by atomic mass is 35.5. The van der Waals surface area contributed by atoms with Gasteiger partial charge in [-0.05, 0) is 35.7 Å². The maximum absolute atomic E-state index is 13.4. The van der Waals surface area contributed by atoms with E-state index in [0.717, 1.165) is 30.6 Å². The third kappa shape index (κ3) is 3.84. The van der Waals surface area contributed by atoms with Crippen molar-refractivity contribution in [2.75, 3.05) is 19.6 Å². The second-order valence-electron chi connectivity index (χ2n) is 8.17. The first kappa shape index (κ1) is 21.6. The van der Waals surface area contributed by atoms with E-state index in [-0.39, 0.29) is 29.8 Å². The smallest absolute Gasteiger partial charge is 0.275 e. The van der Waals surface area contributed by atoms with Gasteiger partial charge in [0.05, 0.1) is 34.2 Å². The van der Waals surface area contributed by atoms with Crippen LogP contribution in [0.25, 0.3) is 10.8 Å². The number of piperidine rings is 3. The first-order valence-corrected chi connectivity index (χ1v) is 10.7. The van der Waals surface area contributed by atoms with Gasteiger partial charge in [-0.25, -0.2) is 9.07 Å². The van der Waals surface area contributed by atoms with Crippen LogP contribution in [0.5, 0.6) is 0 Å². The van der Waals surface area contributed by atoms with E-state index in [1.807, 2.05) is 0 Å².